The number of nitrogens with one attached hydrogen (secondary N) is 2. The van der Waals surface area contributed by atoms with Crippen molar-refractivity contribution in [1.82, 2.24) is 10.6 Å². The van der Waals surface area contributed by atoms with Gasteiger partial charge in [0.05, 0.1) is 0 Å². The lowest BCUT2D eigenvalue weighted by molar-refractivity contribution is -0.121. The maximum atomic E-state index is 11.4. The van der Waals surface area contributed by atoms with Crippen LogP contribution in [0.4, 0.5) is 0 Å². The molecule has 88 valence electrons. The summed E-state index contributed by atoms with van der Waals surface area (Å²) in [5, 5.41) is 6.08. The van der Waals surface area contributed by atoms with Crippen LogP contribution in [0, 0.1) is 11.8 Å². The predicted octanol–water partition coefficient (Wildman–Crippen LogP) is 1.54. The first-order valence-electron chi connectivity index (χ1n) is 6.13. The molecule has 1 aliphatic rings. The number of hydrogen-bond donors (Lipinski definition) is 2. The Morgan fingerprint density at radius 3 is 2.80 bits per heavy atom. The van der Waals surface area contributed by atoms with Crippen LogP contribution in [0.2, 0.25) is 0 Å². The predicted molar refractivity (Wildman–Crippen MR) is 62.7 cm³/mol. The zero-order valence-electron chi connectivity index (χ0n) is 10.0. The molecule has 0 radical (unpaired) electrons. The van der Waals surface area contributed by atoms with Crippen molar-refractivity contribution in [1.29, 1.82) is 0 Å². The van der Waals surface area contributed by atoms with Gasteiger partial charge in [0.1, 0.15) is 0 Å². The van der Waals surface area contributed by atoms with Gasteiger partial charge in [0.2, 0.25) is 5.91 Å². The number of hydrogen-bond acceptors (Lipinski definition) is 2. The summed E-state index contributed by atoms with van der Waals surface area (Å²) in [5.74, 6) is 1.80. The molecular formula is C12H24N2O. The fourth-order valence-electron chi connectivity index (χ4n) is 2.28. The van der Waals surface area contributed by atoms with E-state index in [0.717, 1.165) is 31.3 Å². The van der Waals surface area contributed by atoms with Crippen molar-refractivity contribution in [2.24, 2.45) is 11.8 Å². The first-order chi connectivity index (χ1) is 7.22. The Morgan fingerprint density at radius 2 is 2.20 bits per heavy atom. The van der Waals surface area contributed by atoms with Gasteiger partial charge < -0.3 is 10.6 Å². The molecule has 1 aliphatic carbocycles. The van der Waals surface area contributed by atoms with E-state index in [1.807, 2.05) is 7.05 Å². The van der Waals surface area contributed by atoms with E-state index < -0.39 is 0 Å². The topological polar surface area (TPSA) is 41.1 Å². The minimum Gasteiger partial charge on any atom is -0.356 e. The molecule has 2 N–H and O–H groups in total. The highest BCUT2D eigenvalue weighted by Crippen LogP contribution is 2.29. The van der Waals surface area contributed by atoms with Crippen LogP contribution in [0.15, 0.2) is 0 Å². The molecule has 1 rings (SSSR count). The molecule has 0 spiro atoms. The second kappa shape index (κ2) is 6.83. The molecule has 0 aromatic heterocycles. The van der Waals surface area contributed by atoms with E-state index in [2.05, 4.69) is 17.6 Å². The molecule has 0 heterocycles. The van der Waals surface area contributed by atoms with E-state index in [1.54, 1.807) is 0 Å². The first-order valence-corrected chi connectivity index (χ1v) is 6.13. The second-order valence-electron chi connectivity index (χ2n) is 4.80. The van der Waals surface area contributed by atoms with Gasteiger partial charge in [-0.15, -0.1) is 0 Å². The van der Waals surface area contributed by atoms with Crippen LogP contribution < -0.4 is 10.6 Å². The molecule has 1 saturated carbocycles. The van der Waals surface area contributed by atoms with Crippen molar-refractivity contribution in [3.8, 4) is 0 Å². The Kier molecular flexibility index (Phi) is 5.69. The lowest BCUT2D eigenvalue weighted by Gasteiger charge is -2.10. The summed E-state index contributed by atoms with van der Waals surface area (Å²) < 4.78 is 0. The standard InChI is InChI=1S/C12H24N2O/c1-10-5-6-11(8-10)9-14-12(15)4-3-7-13-2/h10-11,13H,3-9H2,1-2H3,(H,14,15). The highest BCUT2D eigenvalue weighted by molar-refractivity contribution is 5.75. The molecule has 3 heteroatoms. The van der Waals surface area contributed by atoms with Crippen molar-refractivity contribution in [3.05, 3.63) is 0 Å². The number of carbonyl (C=O) groups is 1. The maximum Gasteiger partial charge on any atom is 0.220 e. The van der Waals surface area contributed by atoms with Crippen molar-refractivity contribution in [2.45, 2.75) is 39.0 Å². The third-order valence-corrected chi connectivity index (χ3v) is 3.22. The molecule has 2 atom stereocenters. The summed E-state index contributed by atoms with van der Waals surface area (Å²) in [6.45, 7) is 4.12. The lowest BCUT2D eigenvalue weighted by Crippen LogP contribution is -2.28. The molecule has 0 aliphatic heterocycles. The van der Waals surface area contributed by atoms with Gasteiger partial charge in [-0.2, -0.15) is 0 Å². The fourth-order valence-corrected chi connectivity index (χ4v) is 2.28. The Morgan fingerprint density at radius 1 is 1.40 bits per heavy atom. The molecule has 0 aromatic carbocycles. The largest absolute Gasteiger partial charge is 0.356 e. The number of carbonyl (C=O) groups excluding carboxylic acids is 1. The van der Waals surface area contributed by atoms with E-state index in [4.69, 9.17) is 0 Å². The molecule has 0 saturated heterocycles. The van der Waals surface area contributed by atoms with E-state index in [0.29, 0.717) is 6.42 Å². The van der Waals surface area contributed by atoms with Gasteiger partial charge in [-0.3, -0.25) is 4.79 Å². The summed E-state index contributed by atoms with van der Waals surface area (Å²) >= 11 is 0. The minimum absolute atomic E-state index is 0.213. The second-order valence-corrected chi connectivity index (χ2v) is 4.80. The quantitative estimate of drug-likeness (QED) is 0.656. The highest BCUT2D eigenvalue weighted by atomic mass is 16.1. The average molecular weight is 212 g/mol. The lowest BCUT2D eigenvalue weighted by atomic mass is 10.1. The zero-order chi connectivity index (χ0) is 11.1. The minimum atomic E-state index is 0.213. The monoisotopic (exact) mass is 212 g/mol. The molecule has 0 bridgehead atoms. The van der Waals surface area contributed by atoms with Gasteiger partial charge in [-0.05, 0) is 44.7 Å². The van der Waals surface area contributed by atoms with Crippen LogP contribution in [0.5, 0.6) is 0 Å². The van der Waals surface area contributed by atoms with Crippen molar-refractivity contribution >= 4 is 5.91 Å². The Bertz CT molecular complexity index is 194. The average Bonchev–Trinajstić information content (AvgIpc) is 2.62. The Labute approximate surface area is 93.0 Å². The van der Waals surface area contributed by atoms with E-state index >= 15 is 0 Å². The van der Waals surface area contributed by atoms with Gasteiger partial charge in [0, 0.05) is 13.0 Å². The summed E-state index contributed by atoms with van der Waals surface area (Å²) in [7, 11) is 1.91. The van der Waals surface area contributed by atoms with E-state index in [-0.39, 0.29) is 5.91 Å². The third-order valence-electron chi connectivity index (χ3n) is 3.22. The number of amides is 1. The highest BCUT2D eigenvalue weighted by Gasteiger charge is 2.21. The van der Waals surface area contributed by atoms with Crippen molar-refractivity contribution in [2.75, 3.05) is 20.1 Å². The molecule has 0 aromatic rings. The Hall–Kier alpha value is -0.570. The van der Waals surface area contributed by atoms with Crippen LogP contribution in [0.25, 0.3) is 0 Å². The first kappa shape index (κ1) is 12.5. The molecule has 2 unspecified atom stereocenters. The van der Waals surface area contributed by atoms with Gasteiger partial charge in [-0.1, -0.05) is 13.3 Å². The van der Waals surface area contributed by atoms with Gasteiger partial charge in [0.25, 0.3) is 0 Å². The zero-order valence-corrected chi connectivity index (χ0v) is 10.0. The Balaban J connectivity index is 2.01. The third kappa shape index (κ3) is 5.17. The van der Waals surface area contributed by atoms with E-state index in [1.165, 1.54) is 19.3 Å². The van der Waals surface area contributed by atoms with Gasteiger partial charge in [0.15, 0.2) is 0 Å². The molecule has 3 nitrogen and oxygen atoms in total. The molecular weight excluding hydrogens is 188 g/mol. The summed E-state index contributed by atoms with van der Waals surface area (Å²) in [6.07, 6.45) is 5.50. The van der Waals surface area contributed by atoms with Crippen LogP contribution in [0.3, 0.4) is 0 Å². The van der Waals surface area contributed by atoms with Crippen LogP contribution in [-0.2, 0) is 4.79 Å². The SMILES string of the molecule is CNCCCC(=O)NCC1CCC(C)C1. The van der Waals surface area contributed by atoms with Crippen molar-refractivity contribution < 1.29 is 4.79 Å². The van der Waals surface area contributed by atoms with E-state index in [9.17, 15) is 4.79 Å². The van der Waals surface area contributed by atoms with Crippen LogP contribution in [-0.4, -0.2) is 26.0 Å². The van der Waals surface area contributed by atoms with Crippen LogP contribution >= 0.6 is 0 Å². The van der Waals surface area contributed by atoms with Gasteiger partial charge >= 0.3 is 0 Å². The maximum absolute atomic E-state index is 11.4. The molecule has 1 amide bonds. The van der Waals surface area contributed by atoms with Gasteiger partial charge in [-0.25, -0.2) is 0 Å². The fraction of sp³-hybridized carbons (Fsp3) is 0.917. The summed E-state index contributed by atoms with van der Waals surface area (Å²) in [4.78, 5) is 11.4. The molecule has 1 fully saturated rings. The smallest absolute Gasteiger partial charge is 0.220 e. The summed E-state index contributed by atoms with van der Waals surface area (Å²) in [5.41, 5.74) is 0. The normalized spacial score (nSPS) is 25.5. The van der Waals surface area contributed by atoms with Crippen molar-refractivity contribution in [3.63, 3.8) is 0 Å². The number of rotatable bonds is 6. The van der Waals surface area contributed by atoms with Crippen LogP contribution in [0.1, 0.15) is 39.0 Å². The summed E-state index contributed by atoms with van der Waals surface area (Å²) in [6, 6.07) is 0. The molecule has 15 heavy (non-hydrogen) atoms.